The highest BCUT2D eigenvalue weighted by Gasteiger charge is 2.26. The van der Waals surface area contributed by atoms with E-state index in [1.165, 1.54) is 186 Å². The molecule has 2 unspecified atom stereocenters. The zero-order valence-corrected chi connectivity index (χ0v) is 46.7. The Morgan fingerprint density at radius 1 is 0.443 bits per heavy atom. The lowest BCUT2D eigenvalue weighted by molar-refractivity contribution is -0.161. The van der Waals surface area contributed by atoms with E-state index in [1.807, 2.05) is 0 Å². The molecule has 0 rings (SSSR count). The van der Waals surface area contributed by atoms with Crippen molar-refractivity contribution < 1.29 is 37.6 Å². The van der Waals surface area contributed by atoms with Crippen molar-refractivity contribution in [2.24, 2.45) is 5.73 Å². The van der Waals surface area contributed by atoms with E-state index >= 15 is 0 Å². The minimum absolute atomic E-state index is 0.0519. The largest absolute Gasteiger partial charge is 0.472 e. The van der Waals surface area contributed by atoms with Gasteiger partial charge in [-0.15, -0.1) is 0 Å². The summed E-state index contributed by atoms with van der Waals surface area (Å²) in [6, 6.07) is 0. The zero-order chi connectivity index (χ0) is 51.0. The maximum atomic E-state index is 12.7. The van der Waals surface area contributed by atoms with E-state index in [0.717, 1.165) is 70.6 Å². The fourth-order valence-electron chi connectivity index (χ4n) is 8.63. The summed E-state index contributed by atoms with van der Waals surface area (Å²) in [5, 5.41) is 0. The average Bonchev–Trinajstić information content (AvgIpc) is 3.35. The lowest BCUT2D eigenvalue weighted by atomic mass is 10.0. The Kier molecular flexibility index (Phi) is 54.6. The Labute approximate surface area is 432 Å². The number of esters is 2. The van der Waals surface area contributed by atoms with Crippen LogP contribution in [0.25, 0.3) is 0 Å². The van der Waals surface area contributed by atoms with Crippen LogP contribution in [0.4, 0.5) is 0 Å². The van der Waals surface area contributed by atoms with Gasteiger partial charge in [0, 0.05) is 19.4 Å². The Morgan fingerprint density at radius 2 is 0.786 bits per heavy atom. The second-order valence-corrected chi connectivity index (χ2v) is 21.3. The van der Waals surface area contributed by atoms with Gasteiger partial charge in [-0.3, -0.25) is 18.6 Å². The smallest absolute Gasteiger partial charge is 0.462 e. The molecule has 0 saturated carbocycles. The summed E-state index contributed by atoms with van der Waals surface area (Å²) in [5.41, 5.74) is 5.38. The van der Waals surface area contributed by atoms with Crippen LogP contribution in [0.2, 0.25) is 0 Å². The number of carbonyl (C=O) groups is 2. The number of phosphoric ester groups is 1. The Bertz CT molecular complexity index is 1280. The number of ether oxygens (including phenoxy) is 2. The highest BCUT2D eigenvalue weighted by molar-refractivity contribution is 7.47. The van der Waals surface area contributed by atoms with Gasteiger partial charge < -0.3 is 20.1 Å². The number of hydrogen-bond acceptors (Lipinski definition) is 8. The van der Waals surface area contributed by atoms with Crippen molar-refractivity contribution in [3.8, 4) is 0 Å². The summed E-state index contributed by atoms with van der Waals surface area (Å²) in [6.07, 6.45) is 68.9. The molecular weight excluding hydrogens is 894 g/mol. The third-order valence-corrected chi connectivity index (χ3v) is 14.0. The first kappa shape index (κ1) is 68.0. The zero-order valence-electron chi connectivity index (χ0n) is 45.8. The summed E-state index contributed by atoms with van der Waals surface area (Å²) in [7, 11) is -4.39. The van der Waals surface area contributed by atoms with E-state index in [4.69, 9.17) is 24.3 Å². The Hall–Kier alpha value is -2.03. The molecule has 410 valence electrons. The van der Waals surface area contributed by atoms with Gasteiger partial charge in [0.1, 0.15) is 6.61 Å². The predicted octanol–water partition coefficient (Wildman–Crippen LogP) is 18.6. The van der Waals surface area contributed by atoms with Crippen molar-refractivity contribution in [2.75, 3.05) is 26.4 Å². The Morgan fingerprint density at radius 3 is 1.17 bits per heavy atom. The van der Waals surface area contributed by atoms with Crippen LogP contribution in [0.15, 0.2) is 48.6 Å². The van der Waals surface area contributed by atoms with Crippen molar-refractivity contribution in [3.05, 3.63) is 48.6 Å². The Balaban J connectivity index is 3.92. The maximum absolute atomic E-state index is 12.7. The van der Waals surface area contributed by atoms with Crippen molar-refractivity contribution in [1.82, 2.24) is 0 Å². The minimum atomic E-state index is -4.39. The van der Waals surface area contributed by atoms with Gasteiger partial charge in [-0.2, -0.15) is 0 Å². The summed E-state index contributed by atoms with van der Waals surface area (Å²) >= 11 is 0. The van der Waals surface area contributed by atoms with Crippen molar-refractivity contribution in [2.45, 2.75) is 296 Å². The number of unbranched alkanes of at least 4 members (excludes halogenated alkanes) is 35. The van der Waals surface area contributed by atoms with Crippen LogP contribution in [0, 0.1) is 0 Å². The molecule has 2 atom stereocenters. The number of phosphoric acid groups is 1. The van der Waals surface area contributed by atoms with Crippen LogP contribution in [-0.4, -0.2) is 49.3 Å². The van der Waals surface area contributed by atoms with Crippen LogP contribution in [0.3, 0.4) is 0 Å². The van der Waals surface area contributed by atoms with Crippen LogP contribution in [0.5, 0.6) is 0 Å². The lowest BCUT2D eigenvalue weighted by Crippen LogP contribution is -2.29. The standard InChI is InChI=1S/C60H112NO8P/c1-3-5-7-9-11-13-15-17-19-21-23-25-26-27-28-29-30-31-33-34-36-38-40-42-44-46-48-50-52-59(62)66-56-58(57-68-70(64,65)67-55-54-61)69-60(63)53-51-49-47-45-43-41-39-37-35-32-24-22-20-18-16-14-12-10-8-6-4-2/h6,8,12,14,18,20,24,32,58H,3-5,7,9-11,13,15-17,19,21-23,25-31,33-57,61H2,1-2H3,(H,64,65)/b8-6-,14-12-,20-18-,32-24-. The number of carbonyl (C=O) groups excluding carboxylic acids is 2. The van der Waals surface area contributed by atoms with Gasteiger partial charge in [-0.1, -0.05) is 274 Å². The van der Waals surface area contributed by atoms with E-state index in [0.29, 0.717) is 6.42 Å². The van der Waals surface area contributed by atoms with E-state index in [2.05, 4.69) is 62.5 Å². The fraction of sp³-hybridized carbons (Fsp3) is 0.833. The van der Waals surface area contributed by atoms with Gasteiger partial charge in [-0.05, 0) is 51.4 Å². The van der Waals surface area contributed by atoms with Crippen LogP contribution >= 0.6 is 7.82 Å². The molecule has 0 aromatic heterocycles. The summed E-state index contributed by atoms with van der Waals surface area (Å²) in [6.45, 7) is 3.67. The number of rotatable bonds is 56. The fourth-order valence-corrected chi connectivity index (χ4v) is 9.40. The van der Waals surface area contributed by atoms with Gasteiger partial charge in [0.15, 0.2) is 6.10 Å². The molecule has 0 aliphatic heterocycles. The first-order chi connectivity index (χ1) is 34.3. The maximum Gasteiger partial charge on any atom is 0.472 e. The first-order valence-electron chi connectivity index (χ1n) is 29.6. The molecule has 0 saturated heterocycles. The molecule has 0 radical (unpaired) electrons. The van der Waals surface area contributed by atoms with Crippen LogP contribution in [0.1, 0.15) is 290 Å². The summed E-state index contributed by atoms with van der Waals surface area (Å²) < 4.78 is 33.0. The molecule has 70 heavy (non-hydrogen) atoms. The predicted molar refractivity (Wildman–Crippen MR) is 298 cm³/mol. The SMILES string of the molecule is CC/C=C\C/C=C\C/C=C\C/C=C\CCCCCCCCCCC(=O)OC(COC(=O)CCCCCCCCCCCCCCCCCCCCCCCCCCCCCC)COP(=O)(O)OCCN. The second-order valence-electron chi connectivity index (χ2n) is 19.8. The third kappa shape index (κ3) is 55.3. The van der Waals surface area contributed by atoms with Gasteiger partial charge in [0.05, 0.1) is 13.2 Å². The number of hydrogen-bond donors (Lipinski definition) is 2. The van der Waals surface area contributed by atoms with Crippen molar-refractivity contribution in [3.63, 3.8) is 0 Å². The van der Waals surface area contributed by atoms with Gasteiger partial charge >= 0.3 is 19.8 Å². The van der Waals surface area contributed by atoms with E-state index in [-0.39, 0.29) is 38.6 Å². The molecule has 9 nitrogen and oxygen atoms in total. The average molecular weight is 1010 g/mol. The van der Waals surface area contributed by atoms with E-state index < -0.39 is 26.5 Å². The van der Waals surface area contributed by atoms with Gasteiger partial charge in [0.25, 0.3) is 0 Å². The molecule has 3 N–H and O–H groups in total. The highest BCUT2D eigenvalue weighted by atomic mass is 31.2. The van der Waals surface area contributed by atoms with Crippen molar-refractivity contribution >= 4 is 19.8 Å². The monoisotopic (exact) mass is 1010 g/mol. The molecule has 0 aliphatic rings. The molecule has 0 spiro atoms. The molecule has 10 heteroatoms. The minimum Gasteiger partial charge on any atom is -0.462 e. The molecule has 0 bridgehead atoms. The topological polar surface area (TPSA) is 134 Å². The van der Waals surface area contributed by atoms with Gasteiger partial charge in [-0.25, -0.2) is 4.57 Å². The van der Waals surface area contributed by atoms with Crippen LogP contribution in [-0.2, 0) is 32.7 Å². The van der Waals surface area contributed by atoms with E-state index in [1.54, 1.807) is 0 Å². The summed E-state index contributed by atoms with van der Waals surface area (Å²) in [5.74, 6) is -0.825. The van der Waals surface area contributed by atoms with Crippen LogP contribution < -0.4 is 5.73 Å². The number of allylic oxidation sites excluding steroid dienone is 8. The van der Waals surface area contributed by atoms with Gasteiger partial charge in [0.2, 0.25) is 0 Å². The molecule has 0 aromatic carbocycles. The molecular formula is C60H112NO8P. The summed E-state index contributed by atoms with van der Waals surface area (Å²) in [4.78, 5) is 35.2. The number of nitrogens with two attached hydrogens (primary N) is 1. The first-order valence-corrected chi connectivity index (χ1v) is 31.1. The molecule has 0 amide bonds. The highest BCUT2D eigenvalue weighted by Crippen LogP contribution is 2.43. The molecule has 0 heterocycles. The molecule has 0 aliphatic carbocycles. The van der Waals surface area contributed by atoms with E-state index in [9.17, 15) is 19.0 Å². The molecule has 0 aromatic rings. The molecule has 0 fully saturated rings. The quantitative estimate of drug-likeness (QED) is 0.0264. The third-order valence-electron chi connectivity index (χ3n) is 13.0. The lowest BCUT2D eigenvalue weighted by Gasteiger charge is -2.19. The van der Waals surface area contributed by atoms with Crippen molar-refractivity contribution in [1.29, 1.82) is 0 Å². The normalized spacial score (nSPS) is 13.4. The second kappa shape index (κ2) is 56.3.